The van der Waals surface area contributed by atoms with Gasteiger partial charge >= 0.3 is 0 Å². The van der Waals surface area contributed by atoms with Crippen molar-refractivity contribution in [3.63, 3.8) is 0 Å². The van der Waals surface area contributed by atoms with Crippen LogP contribution in [0, 0.1) is 6.57 Å². The van der Waals surface area contributed by atoms with Crippen LogP contribution in [0.3, 0.4) is 0 Å². The Kier molecular flexibility index (Phi) is 3.78. The van der Waals surface area contributed by atoms with Crippen LogP contribution in [-0.2, 0) is 6.42 Å². The molecule has 0 saturated heterocycles. The molecule has 68 valence electrons. The molecule has 13 heavy (non-hydrogen) atoms. The Morgan fingerprint density at radius 3 is 2.92 bits per heavy atom. The Morgan fingerprint density at radius 1 is 1.54 bits per heavy atom. The Morgan fingerprint density at radius 2 is 2.31 bits per heavy atom. The molecule has 0 aliphatic heterocycles. The fourth-order valence-corrected chi connectivity index (χ4v) is 1.53. The molecule has 0 N–H and O–H groups in total. The average molecular weight is 240 g/mol. The lowest BCUT2D eigenvalue weighted by Gasteiger charge is -2.05. The minimum absolute atomic E-state index is 0.507. The van der Waals surface area contributed by atoms with Gasteiger partial charge in [0.2, 0.25) is 6.54 Å². The third-order valence-corrected chi connectivity index (χ3v) is 2.23. The van der Waals surface area contributed by atoms with Gasteiger partial charge in [-0.3, -0.25) is 0 Å². The highest BCUT2D eigenvalue weighted by Gasteiger charge is 2.04. The number of ether oxygens (including phenoxy) is 1. The smallest absolute Gasteiger partial charge is 0.218 e. The molecule has 0 aliphatic rings. The van der Waals surface area contributed by atoms with Crippen molar-refractivity contribution in [1.29, 1.82) is 0 Å². The molecule has 0 spiro atoms. The van der Waals surface area contributed by atoms with Crippen LogP contribution in [0.15, 0.2) is 22.7 Å². The SMILES string of the molecule is [C-]#[N+]CCc1cc(Br)ccc1OC. The van der Waals surface area contributed by atoms with Crippen LogP contribution >= 0.6 is 15.9 Å². The van der Waals surface area contributed by atoms with E-state index in [1.807, 2.05) is 18.2 Å². The summed E-state index contributed by atoms with van der Waals surface area (Å²) in [4.78, 5) is 3.32. The standard InChI is InChI=1S/C10H10BrNO/c1-12-6-5-8-7-9(11)3-4-10(8)13-2/h3-4,7H,5-6H2,2H3. The maximum absolute atomic E-state index is 6.71. The van der Waals surface area contributed by atoms with Crippen molar-refractivity contribution in [1.82, 2.24) is 0 Å². The van der Waals surface area contributed by atoms with E-state index in [-0.39, 0.29) is 0 Å². The molecule has 0 radical (unpaired) electrons. The van der Waals surface area contributed by atoms with Crippen LogP contribution < -0.4 is 4.74 Å². The van der Waals surface area contributed by atoms with Gasteiger partial charge in [0.05, 0.1) is 7.11 Å². The lowest BCUT2D eigenvalue weighted by Crippen LogP contribution is -1.93. The quantitative estimate of drug-likeness (QED) is 0.740. The number of rotatable bonds is 3. The Balaban J connectivity index is 2.89. The predicted molar refractivity (Wildman–Crippen MR) is 55.9 cm³/mol. The fourth-order valence-electron chi connectivity index (χ4n) is 1.12. The third-order valence-electron chi connectivity index (χ3n) is 1.74. The second-order valence-electron chi connectivity index (χ2n) is 2.59. The molecular weight excluding hydrogens is 230 g/mol. The van der Waals surface area contributed by atoms with E-state index in [4.69, 9.17) is 11.3 Å². The van der Waals surface area contributed by atoms with Crippen molar-refractivity contribution in [3.05, 3.63) is 39.7 Å². The van der Waals surface area contributed by atoms with E-state index in [9.17, 15) is 0 Å². The molecule has 1 rings (SSSR count). The zero-order valence-corrected chi connectivity index (χ0v) is 8.97. The number of benzene rings is 1. The largest absolute Gasteiger partial charge is 0.496 e. The van der Waals surface area contributed by atoms with E-state index in [0.29, 0.717) is 6.54 Å². The molecule has 0 saturated carbocycles. The zero-order chi connectivity index (χ0) is 9.68. The van der Waals surface area contributed by atoms with Crippen LogP contribution in [0.25, 0.3) is 4.85 Å². The minimum Gasteiger partial charge on any atom is -0.496 e. The normalized spacial score (nSPS) is 9.31. The molecule has 0 amide bonds. The van der Waals surface area contributed by atoms with E-state index < -0.39 is 0 Å². The molecule has 1 aromatic rings. The Bertz CT molecular complexity index is 330. The summed E-state index contributed by atoms with van der Waals surface area (Å²) >= 11 is 3.38. The maximum Gasteiger partial charge on any atom is 0.218 e. The van der Waals surface area contributed by atoms with Gasteiger partial charge in [-0.2, -0.15) is 0 Å². The van der Waals surface area contributed by atoms with Gasteiger partial charge in [0.15, 0.2) is 0 Å². The van der Waals surface area contributed by atoms with Gasteiger partial charge < -0.3 is 9.58 Å². The van der Waals surface area contributed by atoms with E-state index >= 15 is 0 Å². The zero-order valence-electron chi connectivity index (χ0n) is 7.38. The van der Waals surface area contributed by atoms with E-state index in [0.717, 1.165) is 22.2 Å². The van der Waals surface area contributed by atoms with Gasteiger partial charge in [-0.05, 0) is 18.2 Å². The molecule has 3 heteroatoms. The molecule has 0 heterocycles. The van der Waals surface area contributed by atoms with Gasteiger partial charge in [0.25, 0.3) is 0 Å². The second-order valence-corrected chi connectivity index (χ2v) is 3.50. The lowest BCUT2D eigenvalue weighted by atomic mass is 10.1. The first-order valence-electron chi connectivity index (χ1n) is 3.93. The van der Waals surface area contributed by atoms with Crippen molar-refractivity contribution in [2.24, 2.45) is 0 Å². The predicted octanol–water partition coefficient (Wildman–Crippen LogP) is 2.92. The fraction of sp³-hybridized carbons (Fsp3) is 0.300. The molecule has 0 bridgehead atoms. The van der Waals surface area contributed by atoms with Gasteiger partial charge in [-0.25, -0.2) is 6.57 Å². The first-order valence-corrected chi connectivity index (χ1v) is 4.73. The van der Waals surface area contributed by atoms with E-state index in [1.165, 1.54) is 0 Å². The van der Waals surface area contributed by atoms with Crippen LogP contribution in [-0.4, -0.2) is 13.7 Å². The first kappa shape index (κ1) is 10.1. The van der Waals surface area contributed by atoms with Crippen LogP contribution in [0.4, 0.5) is 0 Å². The molecule has 0 atom stereocenters. The maximum atomic E-state index is 6.71. The summed E-state index contributed by atoms with van der Waals surface area (Å²) in [7, 11) is 1.64. The van der Waals surface area contributed by atoms with Crippen LogP contribution in [0.2, 0.25) is 0 Å². The van der Waals surface area contributed by atoms with Gasteiger partial charge in [-0.1, -0.05) is 15.9 Å². The third kappa shape index (κ3) is 2.74. The first-order chi connectivity index (χ1) is 6.27. The highest BCUT2D eigenvalue weighted by molar-refractivity contribution is 9.10. The molecule has 0 aromatic heterocycles. The molecular formula is C10H10BrNO. The molecule has 0 unspecified atom stereocenters. The summed E-state index contributed by atoms with van der Waals surface area (Å²) in [6.07, 6.45) is 0.742. The van der Waals surface area contributed by atoms with Gasteiger partial charge in [0.1, 0.15) is 5.75 Å². The van der Waals surface area contributed by atoms with E-state index in [1.54, 1.807) is 7.11 Å². The second kappa shape index (κ2) is 4.88. The van der Waals surface area contributed by atoms with Crippen molar-refractivity contribution < 1.29 is 4.74 Å². The highest BCUT2D eigenvalue weighted by Crippen LogP contribution is 2.23. The van der Waals surface area contributed by atoms with Crippen molar-refractivity contribution >= 4 is 15.9 Å². The number of nitrogens with zero attached hydrogens (tertiary/aromatic N) is 1. The summed E-state index contributed by atoms with van der Waals surface area (Å²) in [5.41, 5.74) is 1.08. The monoisotopic (exact) mass is 239 g/mol. The van der Waals surface area contributed by atoms with Gasteiger partial charge in [0, 0.05) is 16.5 Å². The lowest BCUT2D eigenvalue weighted by molar-refractivity contribution is 0.410. The van der Waals surface area contributed by atoms with Crippen molar-refractivity contribution in [2.45, 2.75) is 6.42 Å². The summed E-state index contributed by atoms with van der Waals surface area (Å²) in [6, 6.07) is 5.83. The molecule has 0 aliphatic carbocycles. The summed E-state index contributed by atoms with van der Waals surface area (Å²) in [6.45, 7) is 7.21. The number of hydrogen-bond acceptors (Lipinski definition) is 1. The molecule has 2 nitrogen and oxygen atoms in total. The van der Waals surface area contributed by atoms with Gasteiger partial charge in [-0.15, -0.1) is 0 Å². The minimum atomic E-state index is 0.507. The van der Waals surface area contributed by atoms with Crippen molar-refractivity contribution in [3.8, 4) is 5.75 Å². The summed E-state index contributed by atoms with van der Waals surface area (Å²) in [5.74, 6) is 0.854. The van der Waals surface area contributed by atoms with E-state index in [2.05, 4.69) is 20.8 Å². The Hall–Kier alpha value is -1.01. The van der Waals surface area contributed by atoms with Crippen molar-refractivity contribution in [2.75, 3.05) is 13.7 Å². The van der Waals surface area contributed by atoms with Crippen LogP contribution in [0.5, 0.6) is 5.75 Å². The topological polar surface area (TPSA) is 13.6 Å². The number of hydrogen-bond donors (Lipinski definition) is 0. The average Bonchev–Trinajstić information content (AvgIpc) is 2.15. The van der Waals surface area contributed by atoms with Crippen LogP contribution in [0.1, 0.15) is 5.56 Å². The highest BCUT2D eigenvalue weighted by atomic mass is 79.9. The number of halogens is 1. The molecule has 0 fully saturated rings. The molecule has 1 aromatic carbocycles. The summed E-state index contributed by atoms with van der Waals surface area (Å²) in [5, 5.41) is 0. The Labute approximate surface area is 86.5 Å². The summed E-state index contributed by atoms with van der Waals surface area (Å²) < 4.78 is 6.20. The number of methoxy groups -OCH3 is 1.